The molecule has 1 saturated heterocycles. The van der Waals surface area contributed by atoms with Gasteiger partial charge in [0.15, 0.2) is 0 Å². The summed E-state index contributed by atoms with van der Waals surface area (Å²) in [7, 11) is 0. The molecule has 0 amide bonds. The van der Waals surface area contributed by atoms with E-state index in [4.69, 9.17) is 9.84 Å². The molecule has 0 aromatic heterocycles. The molecule has 0 saturated carbocycles. The van der Waals surface area contributed by atoms with E-state index in [0.717, 1.165) is 26.1 Å². The Morgan fingerprint density at radius 2 is 2.19 bits per heavy atom. The Bertz CT molecular complexity index is 158. The molecule has 2 atom stereocenters. The average molecular weight is 229 g/mol. The maximum Gasteiger partial charge on any atom is 0.0576 e. The van der Waals surface area contributed by atoms with Crippen LogP contribution in [0.15, 0.2) is 0 Å². The van der Waals surface area contributed by atoms with E-state index in [1.54, 1.807) is 0 Å². The summed E-state index contributed by atoms with van der Waals surface area (Å²) in [6.07, 6.45) is 7.76. The zero-order valence-corrected chi connectivity index (χ0v) is 10.6. The molecule has 1 aliphatic heterocycles. The van der Waals surface area contributed by atoms with Crippen molar-refractivity contribution in [2.75, 3.05) is 26.3 Å². The van der Waals surface area contributed by atoms with Crippen LogP contribution in [0.3, 0.4) is 0 Å². The first-order chi connectivity index (χ1) is 7.83. The van der Waals surface area contributed by atoms with Gasteiger partial charge in [0, 0.05) is 13.2 Å². The predicted molar refractivity (Wildman–Crippen MR) is 66.6 cm³/mol. The fourth-order valence-corrected chi connectivity index (χ4v) is 2.12. The van der Waals surface area contributed by atoms with E-state index in [-0.39, 0.29) is 0 Å². The van der Waals surface area contributed by atoms with Crippen molar-refractivity contribution in [2.45, 2.75) is 51.6 Å². The third kappa shape index (κ3) is 6.46. The van der Waals surface area contributed by atoms with Gasteiger partial charge in [-0.15, -0.1) is 0 Å². The first-order valence-electron chi connectivity index (χ1n) is 6.76. The molecule has 16 heavy (non-hydrogen) atoms. The van der Waals surface area contributed by atoms with E-state index < -0.39 is 0 Å². The number of rotatable bonds is 9. The quantitative estimate of drug-likeness (QED) is 0.594. The van der Waals surface area contributed by atoms with Crippen LogP contribution in [0.25, 0.3) is 0 Å². The third-order valence-corrected chi connectivity index (χ3v) is 3.27. The summed E-state index contributed by atoms with van der Waals surface area (Å²) in [6, 6.07) is 0. The first-order valence-corrected chi connectivity index (χ1v) is 6.76. The summed E-state index contributed by atoms with van der Waals surface area (Å²) in [5.41, 5.74) is 0. The van der Waals surface area contributed by atoms with Crippen molar-refractivity contribution in [2.24, 2.45) is 5.92 Å². The van der Waals surface area contributed by atoms with Crippen molar-refractivity contribution < 1.29 is 9.84 Å². The van der Waals surface area contributed by atoms with E-state index in [1.807, 2.05) is 0 Å². The molecule has 2 unspecified atom stereocenters. The molecule has 96 valence electrons. The topological polar surface area (TPSA) is 41.5 Å². The highest BCUT2D eigenvalue weighted by atomic mass is 16.5. The summed E-state index contributed by atoms with van der Waals surface area (Å²) in [4.78, 5) is 0. The van der Waals surface area contributed by atoms with Gasteiger partial charge in [-0.1, -0.05) is 6.92 Å². The van der Waals surface area contributed by atoms with E-state index in [9.17, 15) is 0 Å². The molecule has 0 aliphatic carbocycles. The first kappa shape index (κ1) is 13.9. The highest BCUT2D eigenvalue weighted by Crippen LogP contribution is 2.16. The van der Waals surface area contributed by atoms with Gasteiger partial charge in [-0.3, -0.25) is 0 Å². The Balaban J connectivity index is 1.77. The van der Waals surface area contributed by atoms with Crippen molar-refractivity contribution in [1.82, 2.24) is 5.32 Å². The van der Waals surface area contributed by atoms with Crippen LogP contribution >= 0.6 is 0 Å². The molecular formula is C13H27NO2. The van der Waals surface area contributed by atoms with Crippen molar-refractivity contribution in [3.05, 3.63) is 0 Å². The van der Waals surface area contributed by atoms with E-state index in [0.29, 0.717) is 18.6 Å². The molecule has 0 bridgehead atoms. The van der Waals surface area contributed by atoms with Gasteiger partial charge < -0.3 is 15.2 Å². The standard InChI is InChI=1S/C13H27NO2/c1-12(11-15)5-2-8-14-9-3-6-13-7-4-10-16-13/h12-15H,2-11H2,1H3. The molecule has 1 heterocycles. The van der Waals surface area contributed by atoms with Crippen LogP contribution in [0.5, 0.6) is 0 Å². The Kier molecular flexibility index (Phi) is 7.81. The summed E-state index contributed by atoms with van der Waals surface area (Å²) >= 11 is 0. The van der Waals surface area contributed by atoms with Gasteiger partial charge in [-0.2, -0.15) is 0 Å². The second-order valence-electron chi connectivity index (χ2n) is 4.96. The van der Waals surface area contributed by atoms with Crippen LogP contribution in [-0.4, -0.2) is 37.5 Å². The molecular weight excluding hydrogens is 202 g/mol. The molecule has 0 aromatic rings. The lowest BCUT2D eigenvalue weighted by molar-refractivity contribution is 0.102. The number of nitrogens with one attached hydrogen (secondary N) is 1. The lowest BCUT2D eigenvalue weighted by Gasteiger charge is -2.10. The van der Waals surface area contributed by atoms with Crippen molar-refractivity contribution in [1.29, 1.82) is 0 Å². The Labute approximate surface area is 99.6 Å². The molecule has 0 aromatic carbocycles. The zero-order valence-electron chi connectivity index (χ0n) is 10.6. The predicted octanol–water partition coefficient (Wildman–Crippen LogP) is 1.94. The highest BCUT2D eigenvalue weighted by molar-refractivity contribution is 4.65. The summed E-state index contributed by atoms with van der Waals surface area (Å²) < 4.78 is 5.57. The fourth-order valence-electron chi connectivity index (χ4n) is 2.12. The largest absolute Gasteiger partial charge is 0.396 e. The SMILES string of the molecule is CC(CO)CCCNCCCC1CCCO1. The minimum absolute atomic E-state index is 0.318. The molecule has 1 aliphatic rings. The Morgan fingerprint density at radius 1 is 1.38 bits per heavy atom. The monoisotopic (exact) mass is 229 g/mol. The molecule has 1 rings (SSSR count). The van der Waals surface area contributed by atoms with Crippen LogP contribution in [0.4, 0.5) is 0 Å². The van der Waals surface area contributed by atoms with Crippen LogP contribution < -0.4 is 5.32 Å². The number of hydrogen-bond acceptors (Lipinski definition) is 3. The normalized spacial score (nSPS) is 22.5. The minimum atomic E-state index is 0.318. The maximum atomic E-state index is 8.86. The van der Waals surface area contributed by atoms with Gasteiger partial charge in [0.2, 0.25) is 0 Å². The lowest BCUT2D eigenvalue weighted by Crippen LogP contribution is -2.19. The Hall–Kier alpha value is -0.120. The van der Waals surface area contributed by atoms with Gasteiger partial charge in [0.25, 0.3) is 0 Å². The minimum Gasteiger partial charge on any atom is -0.396 e. The van der Waals surface area contributed by atoms with Gasteiger partial charge in [-0.25, -0.2) is 0 Å². The number of aliphatic hydroxyl groups is 1. The van der Waals surface area contributed by atoms with E-state index in [2.05, 4.69) is 12.2 Å². The fraction of sp³-hybridized carbons (Fsp3) is 1.00. The molecule has 3 nitrogen and oxygen atoms in total. The number of hydrogen-bond donors (Lipinski definition) is 2. The Morgan fingerprint density at radius 3 is 2.88 bits per heavy atom. The summed E-state index contributed by atoms with van der Waals surface area (Å²) in [6.45, 7) is 5.57. The molecule has 2 N–H and O–H groups in total. The molecule has 3 heteroatoms. The van der Waals surface area contributed by atoms with E-state index >= 15 is 0 Å². The molecule has 0 radical (unpaired) electrons. The lowest BCUT2D eigenvalue weighted by atomic mass is 10.1. The van der Waals surface area contributed by atoms with Crippen molar-refractivity contribution in [3.63, 3.8) is 0 Å². The summed E-state index contributed by atoms with van der Waals surface area (Å²) in [5, 5.41) is 12.3. The highest BCUT2D eigenvalue weighted by Gasteiger charge is 2.14. The number of aliphatic hydroxyl groups excluding tert-OH is 1. The van der Waals surface area contributed by atoms with Gasteiger partial charge in [0.1, 0.15) is 0 Å². The van der Waals surface area contributed by atoms with Gasteiger partial charge in [-0.05, 0) is 57.5 Å². The third-order valence-electron chi connectivity index (χ3n) is 3.27. The maximum absolute atomic E-state index is 8.86. The van der Waals surface area contributed by atoms with Crippen LogP contribution in [0.2, 0.25) is 0 Å². The second-order valence-corrected chi connectivity index (χ2v) is 4.96. The van der Waals surface area contributed by atoms with Crippen LogP contribution in [0, 0.1) is 5.92 Å². The van der Waals surface area contributed by atoms with Gasteiger partial charge >= 0.3 is 0 Å². The van der Waals surface area contributed by atoms with Crippen LogP contribution in [0.1, 0.15) is 45.4 Å². The average Bonchev–Trinajstić information content (AvgIpc) is 2.80. The zero-order chi connectivity index (χ0) is 11.6. The van der Waals surface area contributed by atoms with Gasteiger partial charge in [0.05, 0.1) is 6.10 Å². The van der Waals surface area contributed by atoms with Crippen LogP contribution in [-0.2, 0) is 4.74 Å². The smallest absolute Gasteiger partial charge is 0.0576 e. The molecule has 0 spiro atoms. The second kappa shape index (κ2) is 8.97. The van der Waals surface area contributed by atoms with Crippen molar-refractivity contribution in [3.8, 4) is 0 Å². The van der Waals surface area contributed by atoms with E-state index in [1.165, 1.54) is 32.1 Å². The number of ether oxygens (including phenoxy) is 1. The summed E-state index contributed by atoms with van der Waals surface area (Å²) in [5.74, 6) is 0.452. The van der Waals surface area contributed by atoms with Crippen molar-refractivity contribution >= 4 is 0 Å². The molecule has 1 fully saturated rings.